The van der Waals surface area contributed by atoms with Gasteiger partial charge in [0.25, 0.3) is 0 Å². The van der Waals surface area contributed by atoms with Crippen LogP contribution in [0.2, 0.25) is 0 Å². The number of sulfone groups is 1. The lowest BCUT2D eigenvalue weighted by atomic mass is 10.0. The highest BCUT2D eigenvalue weighted by atomic mass is 32.2. The number of nitrogens with zero attached hydrogens (tertiary/aromatic N) is 1. The molecule has 1 N–H and O–H groups in total. The second-order valence-corrected chi connectivity index (χ2v) is 9.37. The third-order valence-corrected chi connectivity index (χ3v) is 6.97. The molecule has 0 aromatic heterocycles. The van der Waals surface area contributed by atoms with Gasteiger partial charge in [0.1, 0.15) is 5.41 Å². The molecule has 1 unspecified atom stereocenters. The average Bonchev–Trinajstić information content (AvgIpc) is 3.32. The number of nitrogens with one attached hydrogen (secondary N) is 1. The number of amides is 2. The van der Waals surface area contributed by atoms with E-state index in [0.29, 0.717) is 30.5 Å². The first kappa shape index (κ1) is 18.6. The number of carbonyl (C=O) groups is 3. The van der Waals surface area contributed by atoms with E-state index < -0.39 is 15.3 Å². The minimum Gasteiger partial charge on any atom is -0.341 e. The number of hydrogen-bond donors (Lipinski definition) is 1. The SMILES string of the molecule is CC(=O)c1ccc(NC(=O)C2(C(=O)N(C)C3CCS(=O)(=O)C3)CC2)cc1. The van der Waals surface area contributed by atoms with Crippen molar-refractivity contribution in [2.75, 3.05) is 23.9 Å². The molecule has 1 saturated heterocycles. The largest absolute Gasteiger partial charge is 0.341 e. The Kier molecular flexibility index (Phi) is 4.64. The Morgan fingerprint density at radius 2 is 1.77 bits per heavy atom. The van der Waals surface area contributed by atoms with E-state index in [-0.39, 0.29) is 35.1 Å². The Bertz CT molecular complexity index is 856. The first-order valence-corrected chi connectivity index (χ1v) is 10.4. The normalized spacial score (nSPS) is 22.5. The molecular weight excluding hydrogens is 356 g/mol. The van der Waals surface area contributed by atoms with Crippen LogP contribution in [-0.2, 0) is 19.4 Å². The van der Waals surface area contributed by atoms with E-state index in [1.165, 1.54) is 11.8 Å². The summed E-state index contributed by atoms with van der Waals surface area (Å²) in [6.45, 7) is 1.46. The second-order valence-electron chi connectivity index (χ2n) is 7.14. The standard InChI is InChI=1S/C18H22N2O5S/c1-12(21)13-3-5-14(6-4-13)19-16(22)18(8-9-18)17(23)20(2)15-7-10-26(24,25)11-15/h3-6,15H,7-11H2,1-2H3,(H,19,22). The number of benzene rings is 1. The van der Waals surface area contributed by atoms with Crippen LogP contribution in [0.3, 0.4) is 0 Å². The molecule has 1 saturated carbocycles. The molecule has 0 radical (unpaired) electrons. The van der Waals surface area contributed by atoms with Crippen molar-refractivity contribution in [3.8, 4) is 0 Å². The minimum absolute atomic E-state index is 0.0422. The third-order valence-electron chi connectivity index (χ3n) is 5.22. The van der Waals surface area contributed by atoms with Crippen molar-refractivity contribution < 1.29 is 22.8 Å². The maximum Gasteiger partial charge on any atom is 0.240 e. The summed E-state index contributed by atoms with van der Waals surface area (Å²) in [4.78, 5) is 38.2. The topological polar surface area (TPSA) is 101 Å². The van der Waals surface area contributed by atoms with Gasteiger partial charge in [-0.05, 0) is 50.5 Å². The van der Waals surface area contributed by atoms with E-state index in [1.54, 1.807) is 31.3 Å². The van der Waals surface area contributed by atoms with Gasteiger partial charge in [0, 0.05) is 24.3 Å². The van der Waals surface area contributed by atoms with Crippen LogP contribution in [0.4, 0.5) is 5.69 Å². The number of ketones is 1. The van der Waals surface area contributed by atoms with Crippen molar-refractivity contribution in [3.05, 3.63) is 29.8 Å². The fraction of sp³-hybridized carbons (Fsp3) is 0.500. The number of carbonyl (C=O) groups excluding carboxylic acids is 3. The van der Waals surface area contributed by atoms with Crippen molar-refractivity contribution in [2.45, 2.75) is 32.2 Å². The van der Waals surface area contributed by atoms with E-state index in [1.807, 2.05) is 0 Å². The molecule has 1 aromatic rings. The Labute approximate surface area is 152 Å². The lowest BCUT2D eigenvalue weighted by molar-refractivity contribution is -0.142. The van der Waals surface area contributed by atoms with Gasteiger partial charge in [0.15, 0.2) is 15.6 Å². The molecule has 2 aliphatic rings. The molecule has 1 aliphatic carbocycles. The zero-order valence-electron chi connectivity index (χ0n) is 14.8. The Balaban J connectivity index is 1.68. The van der Waals surface area contributed by atoms with E-state index >= 15 is 0 Å². The van der Waals surface area contributed by atoms with Crippen molar-refractivity contribution in [2.24, 2.45) is 5.41 Å². The second kappa shape index (κ2) is 6.50. The number of hydrogen-bond acceptors (Lipinski definition) is 5. The van der Waals surface area contributed by atoms with Gasteiger partial charge < -0.3 is 10.2 Å². The average molecular weight is 378 g/mol. The van der Waals surface area contributed by atoms with Gasteiger partial charge in [-0.15, -0.1) is 0 Å². The first-order chi connectivity index (χ1) is 12.1. The van der Waals surface area contributed by atoms with Gasteiger partial charge in [-0.25, -0.2) is 8.42 Å². The quantitative estimate of drug-likeness (QED) is 0.614. The van der Waals surface area contributed by atoms with Crippen molar-refractivity contribution in [3.63, 3.8) is 0 Å². The van der Waals surface area contributed by atoms with Crippen LogP contribution >= 0.6 is 0 Å². The van der Waals surface area contributed by atoms with Gasteiger partial charge in [-0.3, -0.25) is 14.4 Å². The maximum absolute atomic E-state index is 12.8. The molecule has 1 aliphatic heterocycles. The first-order valence-electron chi connectivity index (χ1n) is 8.55. The van der Waals surface area contributed by atoms with Crippen LogP contribution in [0.1, 0.15) is 36.5 Å². The molecule has 8 heteroatoms. The predicted molar refractivity (Wildman–Crippen MR) is 96.6 cm³/mol. The summed E-state index contributed by atoms with van der Waals surface area (Å²) in [7, 11) is -1.53. The maximum atomic E-state index is 12.8. The van der Waals surface area contributed by atoms with Gasteiger partial charge in [-0.2, -0.15) is 0 Å². The van der Waals surface area contributed by atoms with E-state index in [9.17, 15) is 22.8 Å². The minimum atomic E-state index is -3.10. The molecule has 1 heterocycles. The summed E-state index contributed by atoms with van der Waals surface area (Å²) >= 11 is 0. The molecular formula is C18H22N2O5S. The van der Waals surface area contributed by atoms with Crippen LogP contribution in [0.25, 0.3) is 0 Å². The molecule has 140 valence electrons. The van der Waals surface area contributed by atoms with Crippen LogP contribution in [-0.4, -0.2) is 55.5 Å². The lowest BCUT2D eigenvalue weighted by Gasteiger charge is -2.27. The van der Waals surface area contributed by atoms with Gasteiger partial charge in [-0.1, -0.05) is 0 Å². The Hall–Kier alpha value is -2.22. The molecule has 26 heavy (non-hydrogen) atoms. The summed E-state index contributed by atoms with van der Waals surface area (Å²) in [5.74, 6) is -0.732. The van der Waals surface area contributed by atoms with Crippen molar-refractivity contribution in [1.82, 2.24) is 4.90 Å². The summed E-state index contributed by atoms with van der Waals surface area (Å²) in [6.07, 6.45) is 1.31. The summed E-state index contributed by atoms with van der Waals surface area (Å²) in [6, 6.07) is 6.13. The highest BCUT2D eigenvalue weighted by Crippen LogP contribution is 2.48. The highest BCUT2D eigenvalue weighted by molar-refractivity contribution is 7.91. The molecule has 2 fully saturated rings. The molecule has 7 nitrogen and oxygen atoms in total. The highest BCUT2D eigenvalue weighted by Gasteiger charge is 2.58. The third kappa shape index (κ3) is 3.51. The van der Waals surface area contributed by atoms with Crippen LogP contribution in [0, 0.1) is 5.41 Å². The zero-order valence-corrected chi connectivity index (χ0v) is 15.6. The smallest absolute Gasteiger partial charge is 0.240 e. The molecule has 3 rings (SSSR count). The molecule has 0 spiro atoms. The van der Waals surface area contributed by atoms with Gasteiger partial charge in [0.05, 0.1) is 11.5 Å². The number of anilines is 1. The Morgan fingerprint density at radius 3 is 2.23 bits per heavy atom. The monoisotopic (exact) mass is 378 g/mol. The Morgan fingerprint density at radius 1 is 1.15 bits per heavy atom. The summed E-state index contributed by atoms with van der Waals surface area (Å²) in [5, 5.41) is 2.74. The molecule has 1 aromatic carbocycles. The van der Waals surface area contributed by atoms with Crippen molar-refractivity contribution >= 4 is 33.1 Å². The van der Waals surface area contributed by atoms with E-state index in [0.717, 1.165) is 0 Å². The number of Topliss-reactive ketones (excluding diaryl/α,β-unsaturated/α-hetero) is 1. The zero-order chi connectivity index (χ0) is 19.1. The van der Waals surface area contributed by atoms with Crippen LogP contribution in [0.5, 0.6) is 0 Å². The molecule has 1 atom stereocenters. The van der Waals surface area contributed by atoms with Crippen LogP contribution < -0.4 is 5.32 Å². The lowest BCUT2D eigenvalue weighted by Crippen LogP contribution is -2.46. The summed E-state index contributed by atoms with van der Waals surface area (Å²) < 4.78 is 23.3. The van der Waals surface area contributed by atoms with Crippen LogP contribution in [0.15, 0.2) is 24.3 Å². The fourth-order valence-corrected chi connectivity index (χ4v) is 5.06. The van der Waals surface area contributed by atoms with Gasteiger partial charge in [0.2, 0.25) is 11.8 Å². The fourth-order valence-electron chi connectivity index (χ4n) is 3.29. The van der Waals surface area contributed by atoms with E-state index in [2.05, 4.69) is 5.32 Å². The van der Waals surface area contributed by atoms with E-state index in [4.69, 9.17) is 0 Å². The molecule has 0 bridgehead atoms. The predicted octanol–water partition coefficient (Wildman–Crippen LogP) is 1.25. The summed E-state index contributed by atoms with van der Waals surface area (Å²) in [5.41, 5.74) is -0.0482. The van der Waals surface area contributed by atoms with Gasteiger partial charge >= 0.3 is 0 Å². The molecule has 2 amide bonds. The number of rotatable bonds is 5. The van der Waals surface area contributed by atoms with Crippen molar-refractivity contribution in [1.29, 1.82) is 0 Å².